The molecule has 0 bridgehead atoms. The lowest BCUT2D eigenvalue weighted by Gasteiger charge is -2.20. The van der Waals surface area contributed by atoms with Gasteiger partial charge in [0.05, 0.1) is 19.1 Å². The summed E-state index contributed by atoms with van der Waals surface area (Å²) in [4.78, 5) is 13.7. The van der Waals surface area contributed by atoms with Crippen LogP contribution in [-0.2, 0) is 16.0 Å². The maximum absolute atomic E-state index is 12.2. The first kappa shape index (κ1) is 16.2. The molecule has 114 valence electrons. The highest BCUT2D eigenvalue weighted by atomic mass is 35.5. The van der Waals surface area contributed by atoms with E-state index in [0.717, 1.165) is 15.6 Å². The van der Waals surface area contributed by atoms with E-state index in [9.17, 15) is 9.90 Å². The fraction of sp³-hybridized carbons (Fsp3) is 0.400. The molecule has 1 aromatic carbocycles. The van der Waals surface area contributed by atoms with Gasteiger partial charge in [-0.1, -0.05) is 11.6 Å². The van der Waals surface area contributed by atoms with Gasteiger partial charge in [-0.05, 0) is 34.5 Å². The molecule has 0 radical (unpaired) electrons. The number of aliphatic hydroxyl groups excluding tert-OH is 1. The molecule has 0 saturated carbocycles. The molecule has 0 spiro atoms. The molecule has 2 rings (SSSR count). The number of aliphatic hydroxyl groups is 1. The van der Waals surface area contributed by atoms with Crippen molar-refractivity contribution in [1.29, 1.82) is 0 Å². The van der Waals surface area contributed by atoms with Crippen LogP contribution >= 0.6 is 22.9 Å². The van der Waals surface area contributed by atoms with Crippen molar-refractivity contribution in [3.63, 3.8) is 0 Å². The predicted molar refractivity (Wildman–Crippen MR) is 86.1 cm³/mol. The lowest BCUT2D eigenvalue weighted by molar-refractivity contribution is -0.130. The second-order valence-corrected chi connectivity index (χ2v) is 6.31. The molecule has 1 atom stereocenters. The number of methoxy groups -OCH3 is 1. The van der Waals surface area contributed by atoms with Gasteiger partial charge < -0.3 is 14.7 Å². The number of likely N-dealkylation sites (N-methyl/N-ethyl adjacent to an activating group) is 1. The van der Waals surface area contributed by atoms with Gasteiger partial charge in [-0.2, -0.15) is 0 Å². The van der Waals surface area contributed by atoms with Crippen molar-refractivity contribution in [2.45, 2.75) is 12.5 Å². The van der Waals surface area contributed by atoms with E-state index in [-0.39, 0.29) is 19.1 Å². The van der Waals surface area contributed by atoms with Crippen LogP contribution in [-0.4, -0.2) is 49.3 Å². The van der Waals surface area contributed by atoms with Gasteiger partial charge in [0.25, 0.3) is 0 Å². The zero-order valence-corrected chi connectivity index (χ0v) is 13.6. The lowest BCUT2D eigenvalue weighted by atomic mass is 10.1. The van der Waals surface area contributed by atoms with Gasteiger partial charge in [0.1, 0.15) is 0 Å². The van der Waals surface area contributed by atoms with Gasteiger partial charge in [0, 0.05) is 30.4 Å². The third kappa shape index (κ3) is 4.17. The lowest BCUT2D eigenvalue weighted by Crippen LogP contribution is -2.37. The second-order valence-electron chi connectivity index (χ2n) is 4.96. The summed E-state index contributed by atoms with van der Waals surface area (Å²) in [7, 11) is 3.20. The average Bonchev–Trinajstić information content (AvgIpc) is 2.81. The van der Waals surface area contributed by atoms with E-state index in [4.69, 9.17) is 16.3 Å². The van der Waals surface area contributed by atoms with Crippen LogP contribution in [0.4, 0.5) is 0 Å². The Kier molecular flexibility index (Phi) is 5.58. The maximum atomic E-state index is 12.2. The first-order chi connectivity index (χ1) is 10.0. The molecular weight excluding hydrogens is 310 g/mol. The third-order valence-electron chi connectivity index (χ3n) is 3.23. The molecule has 1 aromatic heterocycles. The third-order valence-corrected chi connectivity index (χ3v) is 4.47. The number of halogens is 1. The normalized spacial score (nSPS) is 12.6. The van der Waals surface area contributed by atoms with Crippen LogP contribution in [0.2, 0.25) is 5.02 Å². The van der Waals surface area contributed by atoms with Crippen LogP contribution in [0.5, 0.6) is 0 Å². The van der Waals surface area contributed by atoms with Crippen LogP contribution in [0.15, 0.2) is 23.6 Å². The Hall–Kier alpha value is -1.14. The zero-order chi connectivity index (χ0) is 15.4. The van der Waals surface area contributed by atoms with E-state index in [1.807, 2.05) is 23.6 Å². The van der Waals surface area contributed by atoms with E-state index >= 15 is 0 Å². The Bertz CT molecular complexity index is 628. The monoisotopic (exact) mass is 327 g/mol. The maximum Gasteiger partial charge on any atom is 0.226 e. The molecule has 0 saturated heterocycles. The van der Waals surface area contributed by atoms with Gasteiger partial charge in [0.2, 0.25) is 5.91 Å². The topological polar surface area (TPSA) is 49.8 Å². The van der Waals surface area contributed by atoms with Crippen LogP contribution in [0.3, 0.4) is 0 Å². The summed E-state index contributed by atoms with van der Waals surface area (Å²) in [5.41, 5.74) is 0.968. The summed E-state index contributed by atoms with van der Waals surface area (Å²) in [6.45, 7) is 0.476. The van der Waals surface area contributed by atoms with Crippen LogP contribution in [0.1, 0.15) is 5.56 Å². The Balaban J connectivity index is 2.05. The molecule has 1 N–H and O–H groups in total. The summed E-state index contributed by atoms with van der Waals surface area (Å²) >= 11 is 7.61. The average molecular weight is 328 g/mol. The fourth-order valence-electron chi connectivity index (χ4n) is 2.15. The number of benzene rings is 1. The fourth-order valence-corrected chi connectivity index (χ4v) is 3.27. The Morgan fingerprint density at radius 2 is 2.29 bits per heavy atom. The minimum Gasteiger partial charge on any atom is -0.389 e. The first-order valence-corrected chi connectivity index (χ1v) is 7.83. The highest BCUT2D eigenvalue weighted by Gasteiger charge is 2.16. The van der Waals surface area contributed by atoms with Gasteiger partial charge >= 0.3 is 0 Å². The molecule has 0 aliphatic carbocycles. The predicted octanol–water partition coefficient (Wildman–Crippen LogP) is 2.56. The highest BCUT2D eigenvalue weighted by Crippen LogP contribution is 2.29. The van der Waals surface area contributed by atoms with Gasteiger partial charge in [-0.3, -0.25) is 4.79 Å². The molecule has 0 aliphatic rings. The Labute approximate surface area is 132 Å². The summed E-state index contributed by atoms with van der Waals surface area (Å²) in [6.07, 6.45) is -0.367. The van der Waals surface area contributed by atoms with Crippen molar-refractivity contribution >= 4 is 38.9 Å². The zero-order valence-electron chi connectivity index (χ0n) is 12.0. The van der Waals surface area contributed by atoms with E-state index in [1.54, 1.807) is 18.4 Å². The Morgan fingerprint density at radius 3 is 3.00 bits per heavy atom. The summed E-state index contributed by atoms with van der Waals surface area (Å²) in [6, 6.07) is 5.69. The molecule has 1 amide bonds. The van der Waals surface area contributed by atoms with Crippen molar-refractivity contribution in [3.05, 3.63) is 34.2 Å². The van der Waals surface area contributed by atoms with E-state index in [2.05, 4.69) is 0 Å². The van der Waals surface area contributed by atoms with Crippen LogP contribution in [0, 0.1) is 0 Å². The van der Waals surface area contributed by atoms with E-state index in [0.29, 0.717) is 11.4 Å². The minimum absolute atomic E-state index is 0.0372. The Morgan fingerprint density at radius 1 is 1.52 bits per heavy atom. The largest absolute Gasteiger partial charge is 0.389 e. The molecule has 1 heterocycles. The number of thiophene rings is 1. The number of hydrogen-bond acceptors (Lipinski definition) is 4. The van der Waals surface area contributed by atoms with Crippen molar-refractivity contribution in [2.24, 2.45) is 0 Å². The van der Waals surface area contributed by atoms with Crippen LogP contribution in [0.25, 0.3) is 10.1 Å². The number of hydrogen-bond donors (Lipinski definition) is 1. The van der Waals surface area contributed by atoms with Crippen molar-refractivity contribution < 1.29 is 14.6 Å². The second kappa shape index (κ2) is 7.22. The first-order valence-electron chi connectivity index (χ1n) is 6.58. The summed E-state index contributed by atoms with van der Waals surface area (Å²) in [5, 5.41) is 13.3. The summed E-state index contributed by atoms with van der Waals surface area (Å²) in [5.74, 6) is -0.0372. The molecule has 6 heteroatoms. The molecule has 4 nitrogen and oxygen atoms in total. The van der Waals surface area contributed by atoms with Crippen molar-refractivity contribution in [1.82, 2.24) is 4.90 Å². The van der Waals surface area contributed by atoms with Gasteiger partial charge in [0.15, 0.2) is 0 Å². The van der Waals surface area contributed by atoms with E-state index < -0.39 is 6.10 Å². The minimum atomic E-state index is -0.669. The molecule has 1 unspecified atom stereocenters. The highest BCUT2D eigenvalue weighted by molar-refractivity contribution is 7.17. The van der Waals surface area contributed by atoms with Crippen molar-refractivity contribution in [3.8, 4) is 0 Å². The number of rotatable bonds is 6. The molecule has 2 aromatic rings. The summed E-state index contributed by atoms with van der Waals surface area (Å²) < 4.78 is 5.98. The molecule has 0 fully saturated rings. The quantitative estimate of drug-likeness (QED) is 0.887. The van der Waals surface area contributed by atoms with Crippen molar-refractivity contribution in [2.75, 3.05) is 27.3 Å². The number of amides is 1. The number of ether oxygens (including phenoxy) is 1. The standard InChI is InChI=1S/C15H18ClNO3S/c1-17(7-12(18)8-20-2)15(19)5-10-9-21-14-4-3-11(16)6-13(10)14/h3-4,6,9,12,18H,5,7-8H2,1-2H3. The smallest absolute Gasteiger partial charge is 0.226 e. The number of carbonyl (C=O) groups excluding carboxylic acids is 1. The number of carbonyl (C=O) groups is 1. The van der Waals surface area contributed by atoms with Gasteiger partial charge in [-0.25, -0.2) is 0 Å². The SMILES string of the molecule is COCC(O)CN(C)C(=O)Cc1csc2ccc(Cl)cc12. The molecule has 21 heavy (non-hydrogen) atoms. The van der Waals surface area contributed by atoms with Gasteiger partial charge in [-0.15, -0.1) is 11.3 Å². The van der Waals surface area contributed by atoms with Crippen LogP contribution < -0.4 is 0 Å². The number of nitrogens with zero attached hydrogens (tertiary/aromatic N) is 1. The van der Waals surface area contributed by atoms with E-state index in [1.165, 1.54) is 12.0 Å². The molecule has 0 aliphatic heterocycles. The number of fused-ring (bicyclic) bond motifs is 1. The molecular formula is C15H18ClNO3S.